The van der Waals surface area contributed by atoms with E-state index in [9.17, 15) is 5.21 Å². The number of quaternary nitrogens is 1. The summed E-state index contributed by atoms with van der Waals surface area (Å²) in [5.41, 5.74) is 3.29. The molecule has 27 heavy (non-hydrogen) atoms. The van der Waals surface area contributed by atoms with Gasteiger partial charge in [-0.25, -0.2) is 0 Å². The van der Waals surface area contributed by atoms with Gasteiger partial charge < -0.3 is 20.0 Å². The number of nitrogens with zero attached hydrogens (tertiary/aromatic N) is 1. The fourth-order valence-corrected chi connectivity index (χ4v) is 4.14. The minimum atomic E-state index is 0.179. The Balaban J connectivity index is 1.95. The normalized spacial score (nSPS) is 24.2. The van der Waals surface area contributed by atoms with Gasteiger partial charge in [0.15, 0.2) is 0 Å². The first-order valence-corrected chi connectivity index (χ1v) is 9.41. The molecule has 0 unspecified atom stereocenters. The molecule has 0 aliphatic carbocycles. The highest BCUT2D eigenvalue weighted by atomic mass is 16.5. The van der Waals surface area contributed by atoms with Gasteiger partial charge in [-0.05, 0) is 54.4 Å². The molecule has 1 fully saturated rings. The molecule has 0 radical (unpaired) electrons. The number of oxime groups is 1. The highest BCUT2D eigenvalue weighted by Crippen LogP contribution is 2.35. The van der Waals surface area contributed by atoms with Crippen molar-refractivity contribution in [3.8, 4) is 11.5 Å². The van der Waals surface area contributed by atoms with Crippen molar-refractivity contribution in [3.05, 3.63) is 59.7 Å². The molecule has 1 aliphatic heterocycles. The Morgan fingerprint density at radius 1 is 0.926 bits per heavy atom. The third kappa shape index (κ3) is 4.08. The minimum absolute atomic E-state index is 0.179. The number of rotatable bonds is 5. The van der Waals surface area contributed by atoms with Crippen LogP contribution in [0, 0.1) is 11.8 Å². The molecule has 2 aromatic carbocycles. The molecule has 0 bridgehead atoms. The Morgan fingerprint density at radius 3 is 1.89 bits per heavy atom. The maximum absolute atomic E-state index is 9.74. The van der Waals surface area contributed by atoms with Crippen molar-refractivity contribution in [2.75, 3.05) is 14.2 Å². The quantitative estimate of drug-likeness (QED) is 0.625. The first kappa shape index (κ1) is 19.2. The topological polar surface area (TPSA) is 67.7 Å². The van der Waals surface area contributed by atoms with Crippen LogP contribution in [0.25, 0.3) is 0 Å². The molecular formula is C22H29N2O3+. The van der Waals surface area contributed by atoms with Crippen molar-refractivity contribution in [3.63, 3.8) is 0 Å². The lowest BCUT2D eigenvalue weighted by Crippen LogP contribution is -2.90. The Hall–Kier alpha value is -2.53. The number of methoxy groups -OCH3 is 2. The van der Waals surface area contributed by atoms with E-state index in [0.29, 0.717) is 5.92 Å². The van der Waals surface area contributed by atoms with E-state index in [-0.39, 0.29) is 18.0 Å². The summed E-state index contributed by atoms with van der Waals surface area (Å²) in [7, 11) is 3.35. The predicted molar refractivity (Wildman–Crippen MR) is 106 cm³/mol. The molecule has 1 heterocycles. The van der Waals surface area contributed by atoms with E-state index in [1.54, 1.807) is 14.2 Å². The van der Waals surface area contributed by atoms with E-state index in [1.807, 2.05) is 24.3 Å². The van der Waals surface area contributed by atoms with Gasteiger partial charge in [0.05, 0.1) is 25.8 Å². The van der Waals surface area contributed by atoms with Crippen LogP contribution in [0.1, 0.15) is 43.5 Å². The summed E-state index contributed by atoms with van der Waals surface area (Å²) in [5, 5.41) is 15.9. The highest BCUT2D eigenvalue weighted by molar-refractivity contribution is 5.88. The average molecular weight is 369 g/mol. The van der Waals surface area contributed by atoms with Crippen LogP contribution in [-0.2, 0) is 0 Å². The van der Waals surface area contributed by atoms with Crippen LogP contribution < -0.4 is 14.8 Å². The van der Waals surface area contributed by atoms with Crippen LogP contribution in [0.4, 0.5) is 0 Å². The largest absolute Gasteiger partial charge is 0.497 e. The molecule has 1 saturated heterocycles. The third-order valence-electron chi connectivity index (χ3n) is 5.53. The molecular weight excluding hydrogens is 340 g/mol. The number of hydrogen-bond donors (Lipinski definition) is 2. The molecule has 0 amide bonds. The molecule has 0 aromatic heterocycles. The smallest absolute Gasteiger partial charge is 0.121 e. The summed E-state index contributed by atoms with van der Waals surface area (Å²) in [6, 6.07) is 16.7. The minimum Gasteiger partial charge on any atom is -0.497 e. The molecule has 5 nitrogen and oxygen atoms in total. The second kappa shape index (κ2) is 8.44. The van der Waals surface area contributed by atoms with E-state index in [4.69, 9.17) is 9.47 Å². The lowest BCUT2D eigenvalue weighted by atomic mass is 9.75. The first-order valence-electron chi connectivity index (χ1n) is 9.41. The summed E-state index contributed by atoms with van der Waals surface area (Å²) in [6.07, 6.45) is 0.734. The second-order valence-electron chi connectivity index (χ2n) is 7.44. The summed E-state index contributed by atoms with van der Waals surface area (Å²) < 4.78 is 10.6. The van der Waals surface area contributed by atoms with E-state index >= 15 is 0 Å². The summed E-state index contributed by atoms with van der Waals surface area (Å²) >= 11 is 0. The lowest BCUT2D eigenvalue weighted by Gasteiger charge is -2.37. The SMILES string of the molecule is COc1ccc([C@@H]2CC(=NO)[C@@H](C(C)C)[C@@H](c3ccc(OC)cc3)[NH2+]2)cc1. The monoisotopic (exact) mass is 369 g/mol. The van der Waals surface area contributed by atoms with Crippen LogP contribution in [0.2, 0.25) is 0 Å². The zero-order chi connectivity index (χ0) is 19.4. The van der Waals surface area contributed by atoms with Gasteiger partial charge in [-0.15, -0.1) is 0 Å². The van der Waals surface area contributed by atoms with E-state index in [2.05, 4.69) is 48.6 Å². The summed E-state index contributed by atoms with van der Waals surface area (Å²) in [5.74, 6) is 2.24. The van der Waals surface area contributed by atoms with Gasteiger partial charge in [-0.2, -0.15) is 0 Å². The standard InChI is InChI=1S/C22H28N2O3/c1-14(2)21-20(24-25)13-19(15-5-9-17(26-3)10-6-15)23-22(21)16-7-11-18(27-4)12-8-16/h5-12,14,19,21-23,25H,13H2,1-4H3/p+1/t19-,21+,22+/m0/s1. The molecule has 144 valence electrons. The van der Waals surface area contributed by atoms with Crippen LogP contribution in [0.5, 0.6) is 11.5 Å². The van der Waals surface area contributed by atoms with Crippen LogP contribution in [0.15, 0.2) is 53.7 Å². The Bertz CT molecular complexity index is 769. The first-order chi connectivity index (χ1) is 13.1. The Kier molecular flexibility index (Phi) is 6.01. The number of ether oxygens (including phenoxy) is 2. The van der Waals surface area contributed by atoms with Crippen molar-refractivity contribution >= 4 is 5.71 Å². The van der Waals surface area contributed by atoms with E-state index in [0.717, 1.165) is 23.6 Å². The van der Waals surface area contributed by atoms with Crippen LogP contribution in [-0.4, -0.2) is 25.1 Å². The van der Waals surface area contributed by atoms with Gasteiger partial charge >= 0.3 is 0 Å². The molecule has 2 aromatic rings. The molecule has 3 rings (SSSR count). The fourth-order valence-electron chi connectivity index (χ4n) is 4.14. The molecule has 5 heteroatoms. The number of piperidine rings is 1. The van der Waals surface area contributed by atoms with Crippen molar-refractivity contribution in [2.45, 2.75) is 32.4 Å². The highest BCUT2D eigenvalue weighted by Gasteiger charge is 2.41. The van der Waals surface area contributed by atoms with Gasteiger partial charge in [0.2, 0.25) is 0 Å². The Morgan fingerprint density at radius 2 is 1.44 bits per heavy atom. The molecule has 0 saturated carbocycles. The number of hydrogen-bond acceptors (Lipinski definition) is 4. The predicted octanol–water partition coefficient (Wildman–Crippen LogP) is 3.56. The van der Waals surface area contributed by atoms with Crippen LogP contribution >= 0.6 is 0 Å². The average Bonchev–Trinajstić information content (AvgIpc) is 2.72. The zero-order valence-electron chi connectivity index (χ0n) is 16.4. The van der Waals surface area contributed by atoms with Crippen molar-refractivity contribution < 1.29 is 20.0 Å². The zero-order valence-corrected chi connectivity index (χ0v) is 16.4. The van der Waals surface area contributed by atoms with Crippen LogP contribution in [0.3, 0.4) is 0 Å². The van der Waals surface area contributed by atoms with Gasteiger partial charge in [0, 0.05) is 17.5 Å². The summed E-state index contributed by atoms with van der Waals surface area (Å²) in [6.45, 7) is 4.38. The number of benzene rings is 2. The van der Waals surface area contributed by atoms with Crippen molar-refractivity contribution in [1.29, 1.82) is 0 Å². The van der Waals surface area contributed by atoms with Crippen molar-refractivity contribution in [1.82, 2.24) is 0 Å². The maximum atomic E-state index is 9.74. The summed E-state index contributed by atoms with van der Waals surface area (Å²) in [4.78, 5) is 0. The third-order valence-corrected chi connectivity index (χ3v) is 5.53. The molecule has 0 spiro atoms. The molecule has 3 atom stereocenters. The van der Waals surface area contributed by atoms with Crippen molar-refractivity contribution in [2.24, 2.45) is 17.0 Å². The second-order valence-corrected chi connectivity index (χ2v) is 7.44. The Labute approximate surface area is 161 Å². The van der Waals surface area contributed by atoms with E-state index < -0.39 is 0 Å². The maximum Gasteiger partial charge on any atom is 0.121 e. The van der Waals surface area contributed by atoms with Gasteiger partial charge in [-0.1, -0.05) is 19.0 Å². The molecule has 1 aliphatic rings. The van der Waals surface area contributed by atoms with Gasteiger partial charge in [0.1, 0.15) is 23.6 Å². The lowest BCUT2D eigenvalue weighted by molar-refractivity contribution is -0.743. The number of nitrogens with two attached hydrogens (primary N) is 1. The fraction of sp³-hybridized carbons (Fsp3) is 0.409. The van der Waals surface area contributed by atoms with Gasteiger partial charge in [0.25, 0.3) is 0 Å². The molecule has 3 N–H and O–H groups in total. The van der Waals surface area contributed by atoms with E-state index in [1.165, 1.54) is 11.1 Å². The van der Waals surface area contributed by atoms with Gasteiger partial charge in [-0.3, -0.25) is 0 Å².